The Morgan fingerprint density at radius 3 is 2.31 bits per heavy atom. The number of benzene rings is 1. The first-order chi connectivity index (χ1) is 13.8. The van der Waals surface area contributed by atoms with Gasteiger partial charge in [0.1, 0.15) is 5.56 Å². The van der Waals surface area contributed by atoms with Crippen LogP contribution < -0.4 is 27.2 Å². The van der Waals surface area contributed by atoms with E-state index in [0.717, 1.165) is 0 Å². The average Bonchev–Trinajstić information content (AvgIpc) is 2.63. The molecule has 9 nitrogen and oxygen atoms in total. The van der Waals surface area contributed by atoms with E-state index < -0.39 is 17.5 Å². The highest BCUT2D eigenvalue weighted by molar-refractivity contribution is 5.97. The molecule has 29 heavy (non-hydrogen) atoms. The highest BCUT2D eigenvalue weighted by Crippen LogP contribution is 2.10. The van der Waals surface area contributed by atoms with Crippen molar-refractivity contribution in [3.05, 3.63) is 75.2 Å². The largest absolute Gasteiger partial charge is 0.351 e. The molecule has 2 aromatic rings. The van der Waals surface area contributed by atoms with Gasteiger partial charge in [-0.25, -0.2) is 4.79 Å². The zero-order valence-electron chi connectivity index (χ0n) is 16.2. The summed E-state index contributed by atoms with van der Waals surface area (Å²) in [6.07, 6.45) is 3.34. The number of aromatic amines is 1. The lowest BCUT2D eigenvalue weighted by Gasteiger charge is -2.06. The predicted octanol–water partition coefficient (Wildman–Crippen LogP) is 1.20. The predicted molar refractivity (Wildman–Crippen MR) is 110 cm³/mol. The Morgan fingerprint density at radius 1 is 1.03 bits per heavy atom. The zero-order chi connectivity index (χ0) is 21.4. The number of carbonyl (C=O) groups is 3. The number of rotatable bonds is 7. The molecule has 6 N–H and O–H groups in total. The number of H-pyrrole nitrogens is 1. The topological polar surface area (TPSA) is 146 Å². The molecule has 0 radical (unpaired) electrons. The maximum atomic E-state index is 12.2. The van der Waals surface area contributed by atoms with E-state index in [9.17, 15) is 19.2 Å². The Kier molecular flexibility index (Phi) is 7.30. The molecule has 0 unspecified atom stereocenters. The molecule has 4 amide bonds. The van der Waals surface area contributed by atoms with E-state index in [2.05, 4.69) is 20.9 Å². The van der Waals surface area contributed by atoms with Crippen LogP contribution in [0.1, 0.15) is 32.0 Å². The summed E-state index contributed by atoms with van der Waals surface area (Å²) in [4.78, 5) is 49.7. The van der Waals surface area contributed by atoms with E-state index in [1.165, 1.54) is 6.07 Å². The number of urea groups is 1. The molecule has 0 aliphatic rings. The summed E-state index contributed by atoms with van der Waals surface area (Å²) in [6.45, 7) is 3.90. The van der Waals surface area contributed by atoms with Gasteiger partial charge in [0.25, 0.3) is 17.4 Å². The molecule has 1 aromatic heterocycles. The molecule has 0 saturated carbocycles. The van der Waals surface area contributed by atoms with E-state index in [1.807, 2.05) is 0 Å². The molecule has 0 fully saturated rings. The molecular formula is C20H23N5O4. The van der Waals surface area contributed by atoms with Crippen LogP contribution in [0.25, 0.3) is 0 Å². The molecule has 152 valence electrons. The fourth-order valence-corrected chi connectivity index (χ4v) is 2.68. The summed E-state index contributed by atoms with van der Waals surface area (Å²) in [7, 11) is 0. The van der Waals surface area contributed by atoms with Gasteiger partial charge in [0.15, 0.2) is 0 Å². The number of carbonyl (C=O) groups excluding carboxylic acids is 3. The standard InChI is InChI=1S/C20H23N5O4/c1-12-10-13(2)24-19(28)16(12)18(27)23-9-4-3-8-22-17(26)14-6-5-7-15(11-14)25-20(21)29/h3-7,10-11H,8-9H2,1-2H3,(H,22,26)(H,23,27)(H,24,28)(H3,21,25,29)/b4-3+. The minimum absolute atomic E-state index is 0.0850. The fourth-order valence-electron chi connectivity index (χ4n) is 2.68. The molecule has 0 saturated heterocycles. The van der Waals surface area contributed by atoms with Gasteiger partial charge in [-0.2, -0.15) is 0 Å². The van der Waals surface area contributed by atoms with Crippen LogP contribution in [-0.2, 0) is 0 Å². The van der Waals surface area contributed by atoms with Crippen LogP contribution in [0, 0.1) is 13.8 Å². The monoisotopic (exact) mass is 397 g/mol. The number of aromatic nitrogens is 1. The van der Waals surface area contributed by atoms with E-state index >= 15 is 0 Å². The molecule has 1 aromatic carbocycles. The quantitative estimate of drug-likeness (QED) is 0.447. The summed E-state index contributed by atoms with van der Waals surface area (Å²) < 4.78 is 0. The smallest absolute Gasteiger partial charge is 0.316 e. The van der Waals surface area contributed by atoms with Crippen molar-refractivity contribution < 1.29 is 14.4 Å². The first-order valence-corrected chi connectivity index (χ1v) is 8.86. The number of primary amides is 1. The van der Waals surface area contributed by atoms with Gasteiger partial charge in [-0.3, -0.25) is 14.4 Å². The van der Waals surface area contributed by atoms with E-state index in [4.69, 9.17) is 5.73 Å². The summed E-state index contributed by atoms with van der Waals surface area (Å²) in [6, 6.07) is 7.37. The third-order valence-electron chi connectivity index (χ3n) is 3.91. The number of nitrogens with one attached hydrogen (secondary N) is 4. The number of hydrogen-bond donors (Lipinski definition) is 5. The van der Waals surface area contributed by atoms with Crippen LogP contribution in [-0.4, -0.2) is 35.9 Å². The molecule has 0 bridgehead atoms. The average molecular weight is 397 g/mol. The van der Waals surface area contributed by atoms with Gasteiger partial charge in [0, 0.05) is 30.0 Å². The lowest BCUT2D eigenvalue weighted by molar-refractivity contribution is 0.0947. The number of hydrogen-bond acceptors (Lipinski definition) is 4. The third kappa shape index (κ3) is 6.35. The molecule has 9 heteroatoms. The van der Waals surface area contributed by atoms with Gasteiger partial charge >= 0.3 is 6.03 Å². The summed E-state index contributed by atoms with van der Waals surface area (Å²) in [5.41, 5.74) is 6.79. The van der Waals surface area contributed by atoms with Crippen LogP contribution in [0.3, 0.4) is 0 Å². The highest BCUT2D eigenvalue weighted by Gasteiger charge is 2.13. The van der Waals surface area contributed by atoms with Crippen molar-refractivity contribution in [1.82, 2.24) is 15.6 Å². The van der Waals surface area contributed by atoms with Crippen molar-refractivity contribution in [2.24, 2.45) is 5.73 Å². The van der Waals surface area contributed by atoms with Gasteiger partial charge in [-0.1, -0.05) is 18.2 Å². The summed E-state index contributed by atoms with van der Waals surface area (Å²) in [5.74, 6) is -0.787. The molecular weight excluding hydrogens is 374 g/mol. The Morgan fingerprint density at radius 2 is 1.69 bits per heavy atom. The van der Waals surface area contributed by atoms with Crippen molar-refractivity contribution in [1.29, 1.82) is 0 Å². The Hall–Kier alpha value is -3.88. The SMILES string of the molecule is Cc1cc(C)c(C(=O)NC/C=C/CNC(=O)c2cccc(NC(N)=O)c2)c(=O)[nH]1. The maximum Gasteiger partial charge on any atom is 0.316 e. The highest BCUT2D eigenvalue weighted by atomic mass is 16.2. The normalized spacial score (nSPS) is 10.6. The van der Waals surface area contributed by atoms with Crippen molar-refractivity contribution in [3.8, 4) is 0 Å². The van der Waals surface area contributed by atoms with Crippen LogP contribution in [0.2, 0.25) is 0 Å². The van der Waals surface area contributed by atoms with Crippen LogP contribution >= 0.6 is 0 Å². The second-order valence-corrected chi connectivity index (χ2v) is 6.30. The lowest BCUT2D eigenvalue weighted by atomic mass is 10.1. The number of pyridine rings is 1. The number of aryl methyl sites for hydroxylation is 2. The third-order valence-corrected chi connectivity index (χ3v) is 3.91. The van der Waals surface area contributed by atoms with Gasteiger partial charge < -0.3 is 26.7 Å². The fraction of sp³-hybridized carbons (Fsp3) is 0.200. The molecule has 1 heterocycles. The summed E-state index contributed by atoms with van der Waals surface area (Å²) in [5, 5.41) is 7.72. The van der Waals surface area contributed by atoms with Crippen LogP contribution in [0.5, 0.6) is 0 Å². The zero-order valence-corrected chi connectivity index (χ0v) is 16.2. The van der Waals surface area contributed by atoms with E-state index in [1.54, 1.807) is 50.3 Å². The molecule has 0 aliphatic carbocycles. The van der Waals surface area contributed by atoms with Gasteiger partial charge in [0.05, 0.1) is 0 Å². The summed E-state index contributed by atoms with van der Waals surface area (Å²) >= 11 is 0. The van der Waals surface area contributed by atoms with E-state index in [-0.39, 0.29) is 24.6 Å². The molecule has 2 rings (SSSR count). The van der Waals surface area contributed by atoms with Crippen molar-refractivity contribution in [2.45, 2.75) is 13.8 Å². The van der Waals surface area contributed by atoms with Gasteiger partial charge in [-0.05, 0) is 43.7 Å². The van der Waals surface area contributed by atoms with Gasteiger partial charge in [-0.15, -0.1) is 0 Å². The Balaban J connectivity index is 1.81. The molecule has 0 atom stereocenters. The minimum Gasteiger partial charge on any atom is -0.351 e. The van der Waals surface area contributed by atoms with Crippen molar-refractivity contribution in [2.75, 3.05) is 18.4 Å². The first kappa shape index (κ1) is 21.4. The van der Waals surface area contributed by atoms with Crippen LogP contribution in [0.4, 0.5) is 10.5 Å². The maximum absolute atomic E-state index is 12.2. The second kappa shape index (κ2) is 9.88. The Bertz CT molecular complexity index is 1010. The number of anilines is 1. The Labute approximate surface area is 167 Å². The number of amides is 4. The molecule has 0 spiro atoms. The van der Waals surface area contributed by atoms with Crippen LogP contribution in [0.15, 0.2) is 47.3 Å². The lowest BCUT2D eigenvalue weighted by Crippen LogP contribution is -2.31. The molecule has 0 aliphatic heterocycles. The van der Waals surface area contributed by atoms with Crippen molar-refractivity contribution >= 4 is 23.5 Å². The minimum atomic E-state index is -0.713. The van der Waals surface area contributed by atoms with E-state index in [0.29, 0.717) is 22.5 Å². The number of nitrogens with two attached hydrogens (primary N) is 1. The van der Waals surface area contributed by atoms with Gasteiger partial charge in [0.2, 0.25) is 0 Å². The first-order valence-electron chi connectivity index (χ1n) is 8.86. The second-order valence-electron chi connectivity index (χ2n) is 6.30. The van der Waals surface area contributed by atoms with Crippen molar-refractivity contribution in [3.63, 3.8) is 0 Å².